The van der Waals surface area contributed by atoms with E-state index in [0.717, 1.165) is 36.9 Å². The molecule has 0 aromatic heterocycles. The summed E-state index contributed by atoms with van der Waals surface area (Å²) >= 11 is 0. The zero-order chi connectivity index (χ0) is 34.4. The fourth-order valence-electron chi connectivity index (χ4n) is 8.69. The van der Waals surface area contributed by atoms with E-state index in [1.807, 2.05) is 12.1 Å². The molecule has 48 heavy (non-hydrogen) atoms. The number of aliphatic hydroxyl groups is 1. The monoisotopic (exact) mass is 667 g/mol. The first-order chi connectivity index (χ1) is 23.0. The minimum Gasteiger partial charge on any atom is -0.477 e. The lowest BCUT2D eigenvalue weighted by Gasteiger charge is -2.61. The minimum atomic E-state index is -1.11. The van der Waals surface area contributed by atoms with Gasteiger partial charge in [0.05, 0.1) is 11.0 Å². The molecular weight excluding hydrogens is 606 g/mol. The number of carbonyl (C=O) groups is 2. The van der Waals surface area contributed by atoms with Gasteiger partial charge in [-0.2, -0.15) is 0 Å². The van der Waals surface area contributed by atoms with E-state index in [1.165, 1.54) is 77.0 Å². The molecule has 0 unspecified atom stereocenters. The number of unbranched alkanes of at least 4 members (excludes halogenated alkanes) is 14. The number of hydrogen-bond donors (Lipinski definition) is 1. The van der Waals surface area contributed by atoms with Crippen molar-refractivity contribution in [2.45, 2.75) is 178 Å². The number of piperidine rings is 1. The fraction of sp³-hybridized carbons (Fsp3) is 0.750. The average Bonchev–Trinajstić information content (AvgIpc) is 3.38. The van der Waals surface area contributed by atoms with Gasteiger partial charge in [-0.25, -0.2) is 4.79 Å². The van der Waals surface area contributed by atoms with E-state index in [1.54, 1.807) is 26.8 Å². The Balaban J connectivity index is 1.13. The molecule has 2 aliphatic carbocycles. The lowest BCUT2D eigenvalue weighted by molar-refractivity contribution is -0.169. The average molecular weight is 668 g/mol. The highest BCUT2D eigenvalue weighted by Crippen LogP contribution is 2.65. The highest BCUT2D eigenvalue weighted by Gasteiger charge is 2.72. The third kappa shape index (κ3) is 7.90. The van der Waals surface area contributed by atoms with Gasteiger partial charge >= 0.3 is 12.1 Å². The number of likely N-dealkylation sites (tertiary alicyclic amines) is 1. The van der Waals surface area contributed by atoms with Crippen molar-refractivity contribution in [3.05, 3.63) is 35.1 Å². The standard InChI is InChI=1S/C40H61NO7/c1-6-7-8-9-10-11-12-13-14-15-16-17-18-19-20-21-33(42)45-31-24-25-40(44)32-28-29-22-23-30(46-37(43)48-38(2,3)4)35-34(29)39(40,36(31)47-35)26-27-41(32)5/h22-24,32,36,44H,6-21,25-28H2,1-5H3/t32-,36-,39-,40+/m0/s1. The summed E-state index contributed by atoms with van der Waals surface area (Å²) in [6.45, 7) is 8.39. The predicted molar refractivity (Wildman–Crippen MR) is 187 cm³/mol. The highest BCUT2D eigenvalue weighted by molar-refractivity contribution is 5.73. The van der Waals surface area contributed by atoms with E-state index in [9.17, 15) is 14.7 Å². The van der Waals surface area contributed by atoms with Crippen molar-refractivity contribution in [3.8, 4) is 11.5 Å². The van der Waals surface area contributed by atoms with E-state index in [4.69, 9.17) is 18.9 Å². The van der Waals surface area contributed by atoms with Crippen molar-refractivity contribution < 1.29 is 33.6 Å². The minimum absolute atomic E-state index is 0.109. The van der Waals surface area contributed by atoms with Crippen LogP contribution >= 0.6 is 0 Å². The Bertz CT molecular complexity index is 1300. The van der Waals surface area contributed by atoms with Crippen LogP contribution in [0.1, 0.15) is 154 Å². The fourth-order valence-corrected chi connectivity index (χ4v) is 8.69. The summed E-state index contributed by atoms with van der Waals surface area (Å²) in [4.78, 5) is 28.1. The number of carbonyl (C=O) groups excluding carboxylic acids is 2. The third-order valence-electron chi connectivity index (χ3n) is 11.1. The zero-order valence-corrected chi connectivity index (χ0v) is 30.4. The number of benzene rings is 1. The van der Waals surface area contributed by atoms with Gasteiger partial charge in [-0.1, -0.05) is 103 Å². The largest absolute Gasteiger partial charge is 0.514 e. The lowest BCUT2D eigenvalue weighted by Crippen LogP contribution is -2.74. The molecule has 1 aromatic carbocycles. The van der Waals surface area contributed by atoms with E-state index in [0.29, 0.717) is 37.2 Å². The molecule has 1 aromatic rings. The van der Waals surface area contributed by atoms with Crippen LogP contribution in [0.3, 0.4) is 0 Å². The molecule has 268 valence electrons. The van der Waals surface area contributed by atoms with Gasteiger partial charge in [0.1, 0.15) is 11.4 Å². The van der Waals surface area contributed by atoms with E-state index in [-0.39, 0.29) is 17.8 Å². The van der Waals surface area contributed by atoms with Crippen LogP contribution in [0.25, 0.3) is 0 Å². The summed E-state index contributed by atoms with van der Waals surface area (Å²) in [6, 6.07) is 3.61. The van der Waals surface area contributed by atoms with Crippen molar-refractivity contribution >= 4 is 12.1 Å². The Morgan fingerprint density at radius 2 is 1.52 bits per heavy atom. The maximum absolute atomic E-state index is 13.1. The molecule has 4 atom stereocenters. The second kappa shape index (κ2) is 16.0. The third-order valence-corrected chi connectivity index (χ3v) is 11.1. The summed E-state index contributed by atoms with van der Waals surface area (Å²) < 4.78 is 23.8. The van der Waals surface area contributed by atoms with E-state index in [2.05, 4.69) is 18.9 Å². The van der Waals surface area contributed by atoms with Crippen LogP contribution in [0.2, 0.25) is 0 Å². The second-order valence-electron chi connectivity index (χ2n) is 15.8. The second-order valence-corrected chi connectivity index (χ2v) is 15.8. The molecule has 8 nitrogen and oxygen atoms in total. The maximum atomic E-state index is 13.1. The quantitative estimate of drug-likeness (QED) is 0.0942. The van der Waals surface area contributed by atoms with Gasteiger partial charge in [0, 0.05) is 24.4 Å². The first-order valence-electron chi connectivity index (χ1n) is 19.1. The first-order valence-corrected chi connectivity index (χ1v) is 19.1. The SMILES string of the molecule is CCCCCCCCCCCCCCCCCC(=O)OC1=CC[C@@]2(O)[C@@H]3Cc4ccc(OC(=O)OC(C)(C)C)c5c4[C@@]2(CCN3C)[C@H]1O5. The molecule has 8 heteroatoms. The van der Waals surface area contributed by atoms with Gasteiger partial charge in [-0.05, 0) is 71.3 Å². The highest BCUT2D eigenvalue weighted by atomic mass is 16.7. The molecular formula is C40H61NO7. The van der Waals surface area contributed by atoms with Crippen LogP contribution in [-0.4, -0.2) is 59.1 Å². The molecule has 2 heterocycles. The normalized spacial score (nSPS) is 25.6. The Hall–Kier alpha value is -2.58. The number of ether oxygens (including phenoxy) is 4. The van der Waals surface area contributed by atoms with Crippen LogP contribution in [0, 0.1) is 0 Å². The van der Waals surface area contributed by atoms with Crippen molar-refractivity contribution in [3.63, 3.8) is 0 Å². The van der Waals surface area contributed by atoms with Crippen molar-refractivity contribution in [1.29, 1.82) is 0 Å². The van der Waals surface area contributed by atoms with Gasteiger partial charge in [-0.3, -0.25) is 4.79 Å². The van der Waals surface area contributed by atoms with Crippen LogP contribution in [0.4, 0.5) is 4.79 Å². The van der Waals surface area contributed by atoms with Gasteiger partial charge in [0.25, 0.3) is 0 Å². The van der Waals surface area contributed by atoms with Crippen molar-refractivity contribution in [1.82, 2.24) is 4.90 Å². The Morgan fingerprint density at radius 3 is 2.12 bits per heavy atom. The summed E-state index contributed by atoms with van der Waals surface area (Å²) in [6.07, 6.45) is 21.5. The van der Waals surface area contributed by atoms with Gasteiger partial charge in [0.15, 0.2) is 17.6 Å². The lowest BCUT2D eigenvalue weighted by atomic mass is 9.50. The predicted octanol–water partition coefficient (Wildman–Crippen LogP) is 9.08. The summed E-state index contributed by atoms with van der Waals surface area (Å²) in [5.41, 5.74) is -0.686. The molecule has 1 N–H and O–H groups in total. The summed E-state index contributed by atoms with van der Waals surface area (Å²) in [5, 5.41) is 12.5. The first kappa shape index (κ1) is 36.7. The summed E-state index contributed by atoms with van der Waals surface area (Å²) in [7, 11) is 2.06. The van der Waals surface area contributed by atoms with Crippen LogP contribution in [0.5, 0.6) is 11.5 Å². The zero-order valence-electron chi connectivity index (χ0n) is 30.4. The van der Waals surface area contributed by atoms with Crippen LogP contribution < -0.4 is 9.47 Å². The molecule has 1 fully saturated rings. The van der Waals surface area contributed by atoms with Gasteiger partial charge < -0.3 is 29.0 Å². The van der Waals surface area contributed by atoms with E-state index >= 15 is 0 Å². The topological polar surface area (TPSA) is 94.5 Å². The van der Waals surface area contributed by atoms with Gasteiger partial charge in [0.2, 0.25) is 0 Å². The van der Waals surface area contributed by atoms with Crippen molar-refractivity contribution in [2.24, 2.45) is 0 Å². The Labute approximate surface area is 288 Å². The molecule has 0 saturated carbocycles. The Kier molecular flexibility index (Phi) is 12.2. The smallest absolute Gasteiger partial charge is 0.477 e. The molecule has 4 aliphatic rings. The van der Waals surface area contributed by atoms with Crippen LogP contribution in [-0.2, 0) is 26.1 Å². The molecule has 1 spiro atoms. The molecule has 0 amide bonds. The molecule has 2 aliphatic heterocycles. The molecule has 0 radical (unpaired) electrons. The number of likely N-dealkylation sites (N-methyl/N-ethyl adjacent to an activating group) is 1. The Morgan fingerprint density at radius 1 is 0.917 bits per heavy atom. The molecule has 1 saturated heterocycles. The van der Waals surface area contributed by atoms with Crippen molar-refractivity contribution in [2.75, 3.05) is 13.6 Å². The molecule has 2 bridgehead atoms. The number of rotatable bonds is 18. The number of nitrogens with zero attached hydrogens (tertiary/aromatic N) is 1. The van der Waals surface area contributed by atoms with Crippen LogP contribution in [0.15, 0.2) is 24.0 Å². The number of hydrogen-bond acceptors (Lipinski definition) is 8. The molecule has 5 rings (SSSR count). The maximum Gasteiger partial charge on any atom is 0.514 e. The van der Waals surface area contributed by atoms with E-state index < -0.39 is 28.9 Å². The summed E-state index contributed by atoms with van der Waals surface area (Å²) in [5.74, 6) is 0.898. The van der Waals surface area contributed by atoms with Gasteiger partial charge in [-0.15, -0.1) is 0 Å². The number of esters is 1.